The minimum Gasteiger partial charge on any atom is -0.465 e. The first-order chi connectivity index (χ1) is 7.84. The van der Waals surface area contributed by atoms with Gasteiger partial charge in [0.25, 0.3) is 0 Å². The molecule has 0 N–H and O–H groups in total. The molecule has 0 unspecified atom stereocenters. The van der Waals surface area contributed by atoms with Crippen LogP contribution in [0.5, 0.6) is 0 Å². The highest BCUT2D eigenvalue weighted by atomic mass is 80.0. The molecule has 0 spiro atoms. The predicted octanol–water partition coefficient (Wildman–Crippen LogP) is 4.89. The maximum Gasteiger partial charge on any atom is 0.344 e. The normalized spacial score (nSPS) is 12.4. The molecule has 0 aliphatic carbocycles. The Morgan fingerprint density at radius 3 is 2.18 bits per heavy atom. The molecule has 92 valence electrons. The summed E-state index contributed by atoms with van der Waals surface area (Å²) in [4.78, 5) is 11.2. The SMILES string of the molecule is COC(=O)/C(Br)=C/c1ccc(C(Br)(Br)Br)cc1. The number of esters is 1. The Morgan fingerprint density at radius 1 is 1.24 bits per heavy atom. The Morgan fingerprint density at radius 2 is 1.76 bits per heavy atom. The number of alkyl halides is 3. The largest absolute Gasteiger partial charge is 0.465 e. The second-order valence-electron chi connectivity index (χ2n) is 3.10. The zero-order valence-electron chi connectivity index (χ0n) is 8.72. The van der Waals surface area contributed by atoms with E-state index in [0.29, 0.717) is 4.48 Å². The number of carbonyl (C=O) groups is 1. The third-order valence-electron chi connectivity index (χ3n) is 1.91. The standard InChI is InChI=1S/C11H8Br4O2/c1-17-10(16)9(12)6-7-2-4-8(5-3-7)11(13,14)15/h2-6H,1H3/b9-6-. The van der Waals surface area contributed by atoms with Crippen molar-refractivity contribution in [3.63, 3.8) is 0 Å². The summed E-state index contributed by atoms with van der Waals surface area (Å²) in [7, 11) is 1.34. The summed E-state index contributed by atoms with van der Waals surface area (Å²) in [6.45, 7) is 0. The minimum absolute atomic E-state index is 0.385. The minimum atomic E-state index is -0.422. The molecule has 17 heavy (non-hydrogen) atoms. The van der Waals surface area contributed by atoms with E-state index < -0.39 is 8.11 Å². The predicted molar refractivity (Wildman–Crippen MR) is 83.8 cm³/mol. The Labute approximate surface area is 133 Å². The van der Waals surface area contributed by atoms with Crippen molar-refractivity contribution in [3.05, 3.63) is 39.9 Å². The molecule has 2 nitrogen and oxygen atoms in total. The summed E-state index contributed by atoms with van der Waals surface area (Å²) in [6, 6.07) is 7.67. The zero-order valence-corrected chi connectivity index (χ0v) is 15.1. The number of methoxy groups -OCH3 is 1. The molecular formula is C11H8Br4O2. The maximum atomic E-state index is 11.2. The van der Waals surface area contributed by atoms with E-state index in [1.807, 2.05) is 24.3 Å². The second-order valence-corrected chi connectivity index (χ2v) is 10.7. The van der Waals surface area contributed by atoms with E-state index >= 15 is 0 Å². The summed E-state index contributed by atoms with van der Waals surface area (Å²) in [5.74, 6) is -0.398. The number of carbonyl (C=O) groups excluding carboxylic acids is 1. The van der Waals surface area contributed by atoms with E-state index in [1.165, 1.54) is 7.11 Å². The van der Waals surface area contributed by atoms with Crippen LogP contribution in [0.2, 0.25) is 0 Å². The van der Waals surface area contributed by atoms with Crippen molar-refractivity contribution in [2.75, 3.05) is 7.11 Å². The van der Waals surface area contributed by atoms with E-state index in [-0.39, 0.29) is 0 Å². The Bertz CT molecular complexity index is 432. The molecule has 0 heterocycles. The van der Waals surface area contributed by atoms with Crippen molar-refractivity contribution in [2.45, 2.75) is 2.14 Å². The molecule has 0 amide bonds. The van der Waals surface area contributed by atoms with Crippen molar-refractivity contribution in [2.24, 2.45) is 0 Å². The van der Waals surface area contributed by atoms with Crippen LogP contribution in [-0.2, 0) is 11.7 Å². The molecular weight excluding hydrogens is 484 g/mol. The highest BCUT2D eigenvalue weighted by molar-refractivity contribution is 9.38. The van der Waals surface area contributed by atoms with Gasteiger partial charge in [-0.25, -0.2) is 4.79 Å². The van der Waals surface area contributed by atoms with Gasteiger partial charge >= 0.3 is 5.97 Å². The van der Waals surface area contributed by atoms with Crippen LogP contribution in [0, 0.1) is 0 Å². The third kappa shape index (κ3) is 4.85. The van der Waals surface area contributed by atoms with E-state index in [2.05, 4.69) is 68.5 Å². The van der Waals surface area contributed by atoms with Gasteiger partial charge in [-0.2, -0.15) is 0 Å². The van der Waals surface area contributed by atoms with Gasteiger partial charge in [0, 0.05) is 0 Å². The average molecular weight is 492 g/mol. The number of hydrogen-bond donors (Lipinski definition) is 0. The first-order valence-electron chi connectivity index (χ1n) is 4.47. The van der Waals surface area contributed by atoms with Crippen LogP contribution in [0.1, 0.15) is 11.1 Å². The maximum absolute atomic E-state index is 11.2. The molecule has 0 fully saturated rings. The van der Waals surface area contributed by atoms with Gasteiger partial charge in [0.2, 0.25) is 0 Å². The van der Waals surface area contributed by atoms with Gasteiger partial charge in [0.1, 0.15) is 4.48 Å². The van der Waals surface area contributed by atoms with E-state index in [9.17, 15) is 4.79 Å². The van der Waals surface area contributed by atoms with Gasteiger partial charge in [-0.3, -0.25) is 0 Å². The molecule has 0 atom stereocenters. The van der Waals surface area contributed by atoms with Gasteiger partial charge in [-0.1, -0.05) is 72.1 Å². The van der Waals surface area contributed by atoms with Crippen LogP contribution >= 0.6 is 63.7 Å². The van der Waals surface area contributed by atoms with Crippen molar-refractivity contribution in [1.29, 1.82) is 0 Å². The van der Waals surface area contributed by atoms with Crippen LogP contribution in [0.3, 0.4) is 0 Å². The molecule has 0 radical (unpaired) electrons. The molecule has 1 aromatic rings. The van der Waals surface area contributed by atoms with Crippen molar-refractivity contribution < 1.29 is 9.53 Å². The number of hydrogen-bond acceptors (Lipinski definition) is 2. The number of halogens is 4. The smallest absolute Gasteiger partial charge is 0.344 e. The summed E-state index contributed by atoms with van der Waals surface area (Å²) in [6.07, 6.45) is 1.70. The Kier molecular flexibility index (Phi) is 5.89. The molecule has 0 bridgehead atoms. The molecule has 0 saturated carbocycles. The van der Waals surface area contributed by atoms with Crippen molar-refractivity contribution >= 4 is 75.8 Å². The van der Waals surface area contributed by atoms with Crippen LogP contribution < -0.4 is 0 Å². The third-order valence-corrected chi connectivity index (χ3v) is 3.84. The highest BCUT2D eigenvalue weighted by Gasteiger charge is 2.19. The van der Waals surface area contributed by atoms with Gasteiger partial charge in [-0.05, 0) is 33.1 Å². The molecule has 1 rings (SSSR count). The van der Waals surface area contributed by atoms with E-state index in [1.54, 1.807) is 6.08 Å². The summed E-state index contributed by atoms with van der Waals surface area (Å²) < 4.78 is 4.55. The van der Waals surface area contributed by atoms with Crippen LogP contribution in [-0.4, -0.2) is 13.1 Å². The molecule has 1 aromatic carbocycles. The van der Waals surface area contributed by atoms with Crippen LogP contribution in [0.15, 0.2) is 28.7 Å². The lowest BCUT2D eigenvalue weighted by molar-refractivity contribution is -0.135. The van der Waals surface area contributed by atoms with Crippen LogP contribution in [0.4, 0.5) is 0 Å². The van der Waals surface area contributed by atoms with Gasteiger partial charge in [0.15, 0.2) is 2.14 Å². The fourth-order valence-corrected chi connectivity index (χ4v) is 2.29. The lowest BCUT2D eigenvalue weighted by atomic mass is 10.1. The lowest BCUT2D eigenvalue weighted by Gasteiger charge is -2.12. The summed E-state index contributed by atoms with van der Waals surface area (Å²) >= 11 is 13.5. The van der Waals surface area contributed by atoms with Crippen LogP contribution in [0.25, 0.3) is 6.08 Å². The fraction of sp³-hybridized carbons (Fsp3) is 0.182. The molecule has 6 heteroatoms. The number of rotatable bonds is 2. The van der Waals surface area contributed by atoms with E-state index in [0.717, 1.165) is 11.1 Å². The first-order valence-corrected chi connectivity index (χ1v) is 7.64. The molecule has 0 saturated heterocycles. The average Bonchev–Trinajstić information content (AvgIpc) is 2.27. The quantitative estimate of drug-likeness (QED) is 0.334. The molecule has 0 aliphatic heterocycles. The fourth-order valence-electron chi connectivity index (χ4n) is 1.07. The number of benzene rings is 1. The van der Waals surface area contributed by atoms with Gasteiger partial charge in [0.05, 0.1) is 7.11 Å². The van der Waals surface area contributed by atoms with Gasteiger partial charge in [-0.15, -0.1) is 0 Å². The Balaban J connectivity index is 2.93. The summed E-state index contributed by atoms with van der Waals surface area (Å²) in [5, 5.41) is 0. The summed E-state index contributed by atoms with van der Waals surface area (Å²) in [5.41, 5.74) is 1.92. The number of ether oxygens (including phenoxy) is 1. The van der Waals surface area contributed by atoms with Crippen molar-refractivity contribution in [3.8, 4) is 0 Å². The second kappa shape index (κ2) is 6.50. The topological polar surface area (TPSA) is 26.3 Å². The lowest BCUT2D eigenvalue weighted by Crippen LogP contribution is -1.99. The Hall–Kier alpha value is 0.350. The molecule has 0 aliphatic rings. The highest BCUT2D eigenvalue weighted by Crippen LogP contribution is 2.44. The monoisotopic (exact) mass is 488 g/mol. The molecule has 0 aromatic heterocycles. The van der Waals surface area contributed by atoms with Crippen molar-refractivity contribution in [1.82, 2.24) is 0 Å². The van der Waals surface area contributed by atoms with E-state index in [4.69, 9.17) is 0 Å². The first kappa shape index (κ1) is 15.4. The zero-order chi connectivity index (χ0) is 13.1. The van der Waals surface area contributed by atoms with Gasteiger partial charge < -0.3 is 4.74 Å².